The predicted octanol–water partition coefficient (Wildman–Crippen LogP) is 3.58. The summed E-state index contributed by atoms with van der Waals surface area (Å²) in [5.41, 5.74) is 2.59. The van der Waals surface area contributed by atoms with Crippen LogP contribution in [0.15, 0.2) is 60.3 Å². The van der Waals surface area contributed by atoms with Gasteiger partial charge in [-0.1, -0.05) is 50.2 Å². The summed E-state index contributed by atoms with van der Waals surface area (Å²) in [4.78, 5) is 19.4. The molecule has 0 atom stereocenters. The third-order valence-corrected chi connectivity index (χ3v) is 4.18. The molecule has 3 heteroatoms. The number of likely N-dealkylation sites (tertiary alicyclic amines) is 1. The highest BCUT2D eigenvalue weighted by molar-refractivity contribution is 6.04. The van der Waals surface area contributed by atoms with Crippen LogP contribution in [0.25, 0.3) is 6.08 Å². The lowest BCUT2D eigenvalue weighted by Gasteiger charge is -2.38. The predicted molar refractivity (Wildman–Crippen MR) is 92.7 cm³/mol. The molecule has 1 aromatic heterocycles. The van der Waals surface area contributed by atoms with E-state index in [1.165, 1.54) is 5.56 Å². The van der Waals surface area contributed by atoms with E-state index in [9.17, 15) is 4.79 Å². The Bertz CT molecular complexity index is 705. The van der Waals surface area contributed by atoms with Crippen LogP contribution in [0.5, 0.6) is 0 Å². The summed E-state index contributed by atoms with van der Waals surface area (Å²) < 4.78 is 0. The molecule has 0 saturated carbocycles. The second-order valence-corrected chi connectivity index (χ2v) is 6.77. The zero-order chi connectivity index (χ0) is 16.3. The summed E-state index contributed by atoms with van der Waals surface area (Å²) in [5.74, 6) is 0.229. The largest absolute Gasteiger partial charge is 0.294 e. The van der Waals surface area contributed by atoms with Crippen molar-refractivity contribution in [1.29, 1.82) is 0 Å². The molecule has 1 saturated heterocycles. The van der Waals surface area contributed by atoms with Gasteiger partial charge in [0.15, 0.2) is 5.78 Å². The van der Waals surface area contributed by atoms with E-state index in [-0.39, 0.29) is 11.2 Å². The van der Waals surface area contributed by atoms with Gasteiger partial charge in [0.1, 0.15) is 0 Å². The lowest BCUT2D eigenvalue weighted by Crippen LogP contribution is -2.47. The molecule has 3 nitrogen and oxygen atoms in total. The van der Waals surface area contributed by atoms with Gasteiger partial charge in [0.25, 0.3) is 0 Å². The van der Waals surface area contributed by atoms with E-state index < -0.39 is 0 Å². The maximum atomic E-state index is 12.7. The first-order valence-corrected chi connectivity index (χ1v) is 7.97. The van der Waals surface area contributed by atoms with E-state index in [0.717, 1.165) is 24.4 Å². The van der Waals surface area contributed by atoms with Crippen molar-refractivity contribution in [1.82, 2.24) is 9.88 Å². The van der Waals surface area contributed by atoms with Crippen molar-refractivity contribution in [2.45, 2.75) is 20.4 Å². The molecule has 23 heavy (non-hydrogen) atoms. The minimum atomic E-state index is -0.367. The molecule has 3 rings (SSSR count). The molecule has 0 radical (unpaired) electrons. The van der Waals surface area contributed by atoms with E-state index >= 15 is 0 Å². The fourth-order valence-electron chi connectivity index (χ4n) is 3.14. The Balaban J connectivity index is 1.84. The average Bonchev–Trinajstić information content (AvgIpc) is 2.54. The van der Waals surface area contributed by atoms with Gasteiger partial charge in [-0.15, -0.1) is 0 Å². The SMILES string of the molecule is CC1(C)CN(Cc2ccccc2)C/C(=C\c2ccccn2)C1=O. The summed E-state index contributed by atoms with van der Waals surface area (Å²) in [5, 5.41) is 0. The van der Waals surface area contributed by atoms with Crippen LogP contribution in [0.2, 0.25) is 0 Å². The van der Waals surface area contributed by atoms with E-state index in [4.69, 9.17) is 0 Å². The Labute approximate surface area is 137 Å². The monoisotopic (exact) mass is 306 g/mol. The molecule has 1 fully saturated rings. The van der Waals surface area contributed by atoms with Gasteiger partial charge in [-0.05, 0) is 23.8 Å². The number of rotatable bonds is 3. The van der Waals surface area contributed by atoms with E-state index in [2.05, 4.69) is 34.1 Å². The smallest absolute Gasteiger partial charge is 0.167 e. The summed E-state index contributed by atoms with van der Waals surface area (Å²) in [6.45, 7) is 6.36. The van der Waals surface area contributed by atoms with Crippen molar-refractivity contribution >= 4 is 11.9 Å². The van der Waals surface area contributed by atoms with Crippen molar-refractivity contribution in [3.05, 3.63) is 71.6 Å². The topological polar surface area (TPSA) is 33.2 Å². The number of piperidine rings is 1. The van der Waals surface area contributed by atoms with Crippen LogP contribution in [-0.4, -0.2) is 28.8 Å². The lowest BCUT2D eigenvalue weighted by molar-refractivity contribution is -0.126. The Kier molecular flexibility index (Phi) is 4.39. The number of aromatic nitrogens is 1. The van der Waals surface area contributed by atoms with Crippen LogP contribution in [0.4, 0.5) is 0 Å². The second kappa shape index (κ2) is 6.47. The number of nitrogens with zero attached hydrogens (tertiary/aromatic N) is 2. The van der Waals surface area contributed by atoms with Crippen molar-refractivity contribution in [2.24, 2.45) is 5.41 Å². The van der Waals surface area contributed by atoms with Crippen LogP contribution in [0, 0.1) is 5.41 Å². The van der Waals surface area contributed by atoms with E-state index in [1.54, 1.807) is 6.20 Å². The number of carbonyl (C=O) groups excluding carboxylic acids is 1. The quantitative estimate of drug-likeness (QED) is 0.813. The summed E-state index contributed by atoms with van der Waals surface area (Å²) >= 11 is 0. The van der Waals surface area contributed by atoms with Crippen LogP contribution < -0.4 is 0 Å². The van der Waals surface area contributed by atoms with Gasteiger partial charge in [-0.25, -0.2) is 0 Å². The summed E-state index contributed by atoms with van der Waals surface area (Å²) in [7, 11) is 0. The number of benzene rings is 1. The van der Waals surface area contributed by atoms with Crippen molar-refractivity contribution in [3.8, 4) is 0 Å². The molecule has 118 valence electrons. The standard InChI is InChI=1S/C20H22N2O/c1-20(2)15-22(13-16-8-4-3-5-9-16)14-17(19(20)23)12-18-10-6-7-11-21-18/h3-12H,13-15H2,1-2H3/b17-12+. The molecule has 0 N–H and O–H groups in total. The Morgan fingerprint density at radius 3 is 2.57 bits per heavy atom. The highest BCUT2D eigenvalue weighted by Crippen LogP contribution is 2.30. The Hall–Kier alpha value is -2.26. The van der Waals surface area contributed by atoms with Gasteiger partial charge < -0.3 is 0 Å². The number of pyridine rings is 1. The van der Waals surface area contributed by atoms with E-state index in [0.29, 0.717) is 6.54 Å². The van der Waals surface area contributed by atoms with Crippen molar-refractivity contribution in [2.75, 3.05) is 13.1 Å². The van der Waals surface area contributed by atoms with Crippen LogP contribution in [0.1, 0.15) is 25.1 Å². The van der Waals surface area contributed by atoms with Crippen LogP contribution in [-0.2, 0) is 11.3 Å². The van der Waals surface area contributed by atoms with Gasteiger partial charge >= 0.3 is 0 Å². The lowest BCUT2D eigenvalue weighted by atomic mass is 9.79. The minimum absolute atomic E-state index is 0.229. The van der Waals surface area contributed by atoms with E-state index in [1.807, 2.05) is 44.2 Å². The normalized spacial score (nSPS) is 19.9. The summed E-state index contributed by atoms with van der Waals surface area (Å²) in [6, 6.07) is 16.2. The fourth-order valence-corrected chi connectivity index (χ4v) is 3.14. The van der Waals surface area contributed by atoms with Gasteiger partial charge in [-0.2, -0.15) is 0 Å². The fraction of sp³-hybridized carbons (Fsp3) is 0.300. The van der Waals surface area contributed by atoms with Crippen LogP contribution in [0.3, 0.4) is 0 Å². The number of hydrogen-bond acceptors (Lipinski definition) is 3. The van der Waals surface area contributed by atoms with Gasteiger partial charge in [0.05, 0.1) is 5.69 Å². The molecule has 1 aromatic carbocycles. The number of Topliss-reactive ketones (excluding diaryl/α,β-unsaturated/α-hetero) is 1. The first-order chi connectivity index (χ1) is 11.0. The Morgan fingerprint density at radius 2 is 1.87 bits per heavy atom. The molecular formula is C20H22N2O. The molecule has 1 aliphatic heterocycles. The molecule has 0 unspecified atom stereocenters. The number of hydrogen-bond donors (Lipinski definition) is 0. The number of carbonyl (C=O) groups is 1. The minimum Gasteiger partial charge on any atom is -0.294 e. The first kappa shape index (κ1) is 15.6. The van der Waals surface area contributed by atoms with Crippen LogP contribution >= 0.6 is 0 Å². The highest BCUT2D eigenvalue weighted by Gasteiger charge is 2.37. The molecular weight excluding hydrogens is 284 g/mol. The van der Waals surface area contributed by atoms with Crippen molar-refractivity contribution in [3.63, 3.8) is 0 Å². The average molecular weight is 306 g/mol. The van der Waals surface area contributed by atoms with Gasteiger partial charge in [0.2, 0.25) is 0 Å². The maximum absolute atomic E-state index is 12.7. The highest BCUT2D eigenvalue weighted by atomic mass is 16.1. The van der Waals surface area contributed by atoms with Gasteiger partial charge in [0, 0.05) is 36.8 Å². The molecule has 0 bridgehead atoms. The molecule has 0 amide bonds. The zero-order valence-corrected chi connectivity index (χ0v) is 13.7. The zero-order valence-electron chi connectivity index (χ0n) is 13.7. The second-order valence-electron chi connectivity index (χ2n) is 6.77. The third kappa shape index (κ3) is 3.74. The molecule has 2 aromatic rings. The first-order valence-electron chi connectivity index (χ1n) is 7.97. The molecule has 0 aliphatic carbocycles. The molecule has 0 spiro atoms. The van der Waals surface area contributed by atoms with Gasteiger partial charge in [-0.3, -0.25) is 14.7 Å². The maximum Gasteiger partial charge on any atom is 0.167 e. The number of ketones is 1. The summed E-state index contributed by atoms with van der Waals surface area (Å²) in [6.07, 6.45) is 3.69. The third-order valence-electron chi connectivity index (χ3n) is 4.18. The van der Waals surface area contributed by atoms with Crippen molar-refractivity contribution < 1.29 is 4.79 Å². The Morgan fingerprint density at radius 1 is 1.13 bits per heavy atom. The molecule has 2 heterocycles. The molecule has 1 aliphatic rings.